The Hall–Kier alpha value is -1.35. The molecule has 2 aromatic heterocycles. The zero-order chi connectivity index (χ0) is 9.54. The van der Waals surface area contributed by atoms with E-state index >= 15 is 0 Å². The van der Waals surface area contributed by atoms with Crippen molar-refractivity contribution in [1.29, 1.82) is 0 Å². The van der Waals surface area contributed by atoms with E-state index in [4.69, 9.17) is 0 Å². The van der Waals surface area contributed by atoms with E-state index in [-0.39, 0.29) is 0 Å². The Bertz CT molecular complexity index is 468. The number of fused-ring (bicyclic) bond motifs is 1. The summed E-state index contributed by atoms with van der Waals surface area (Å²) < 4.78 is 2.26. The van der Waals surface area contributed by atoms with E-state index < -0.39 is 0 Å². The summed E-state index contributed by atoms with van der Waals surface area (Å²) >= 11 is 0. The Morgan fingerprint density at radius 1 is 1.43 bits per heavy atom. The first-order chi connectivity index (χ1) is 6.86. The molecule has 3 rings (SSSR count). The molecule has 3 heterocycles. The summed E-state index contributed by atoms with van der Waals surface area (Å²) in [4.78, 5) is 4.50. The van der Waals surface area contributed by atoms with Crippen LogP contribution in [-0.2, 0) is 0 Å². The van der Waals surface area contributed by atoms with Gasteiger partial charge in [0.1, 0.15) is 5.82 Å². The summed E-state index contributed by atoms with van der Waals surface area (Å²) in [6, 6.07) is 6.31. The number of imidazole rings is 1. The average molecular weight is 187 g/mol. The molecule has 1 N–H and O–H groups in total. The first-order valence-corrected chi connectivity index (χ1v) is 5.00. The number of nitrogens with one attached hydrogen (secondary N) is 1. The van der Waals surface area contributed by atoms with E-state index in [2.05, 4.69) is 39.8 Å². The highest BCUT2D eigenvalue weighted by Crippen LogP contribution is 2.21. The normalized spacial score (nSPS) is 17.2. The molecule has 0 atom stereocenters. The maximum absolute atomic E-state index is 4.50. The highest BCUT2D eigenvalue weighted by molar-refractivity contribution is 5.48. The van der Waals surface area contributed by atoms with Crippen LogP contribution in [0.2, 0.25) is 0 Å². The molecule has 1 saturated heterocycles. The molecule has 0 amide bonds. The molecule has 1 fully saturated rings. The Morgan fingerprint density at radius 3 is 3.00 bits per heavy atom. The number of pyridine rings is 1. The maximum Gasteiger partial charge on any atom is 0.119 e. The summed E-state index contributed by atoms with van der Waals surface area (Å²) in [5, 5.41) is 3.28. The lowest BCUT2D eigenvalue weighted by Gasteiger charge is -2.26. The molecule has 72 valence electrons. The van der Waals surface area contributed by atoms with Crippen molar-refractivity contribution in [3.05, 3.63) is 35.9 Å². The van der Waals surface area contributed by atoms with Crippen LogP contribution in [0.1, 0.15) is 17.4 Å². The molecule has 0 aliphatic carbocycles. The van der Waals surface area contributed by atoms with E-state index in [9.17, 15) is 0 Å². The summed E-state index contributed by atoms with van der Waals surface area (Å²) in [5.74, 6) is 1.80. The molecule has 0 aromatic carbocycles. The number of aromatic nitrogens is 2. The molecule has 0 saturated carbocycles. The van der Waals surface area contributed by atoms with E-state index in [0.29, 0.717) is 5.92 Å². The zero-order valence-electron chi connectivity index (χ0n) is 8.20. The molecule has 2 aromatic rings. The SMILES string of the molecule is Cc1cccc2cnc(C3CNC3)n12. The van der Waals surface area contributed by atoms with Gasteiger partial charge < -0.3 is 9.72 Å². The van der Waals surface area contributed by atoms with Crippen LogP contribution in [0.5, 0.6) is 0 Å². The van der Waals surface area contributed by atoms with Crippen LogP contribution in [0.15, 0.2) is 24.4 Å². The van der Waals surface area contributed by atoms with Gasteiger partial charge in [-0.15, -0.1) is 0 Å². The van der Waals surface area contributed by atoms with Crippen molar-refractivity contribution in [3.63, 3.8) is 0 Å². The zero-order valence-corrected chi connectivity index (χ0v) is 8.20. The van der Waals surface area contributed by atoms with Crippen molar-refractivity contribution in [3.8, 4) is 0 Å². The predicted molar refractivity (Wildman–Crippen MR) is 55.5 cm³/mol. The molecule has 3 heteroatoms. The van der Waals surface area contributed by atoms with Gasteiger partial charge in [-0.25, -0.2) is 4.98 Å². The molecule has 3 nitrogen and oxygen atoms in total. The Balaban J connectivity index is 2.23. The van der Waals surface area contributed by atoms with Crippen LogP contribution in [0.3, 0.4) is 0 Å². The lowest BCUT2D eigenvalue weighted by molar-refractivity contribution is 0.428. The minimum Gasteiger partial charge on any atom is -0.315 e. The number of hydrogen-bond donors (Lipinski definition) is 1. The largest absolute Gasteiger partial charge is 0.315 e. The van der Waals surface area contributed by atoms with Crippen LogP contribution in [0, 0.1) is 6.92 Å². The minimum atomic E-state index is 0.596. The number of aryl methyl sites for hydroxylation is 1. The summed E-state index contributed by atoms with van der Waals surface area (Å²) in [6.45, 7) is 4.26. The molecule has 1 aliphatic heterocycles. The topological polar surface area (TPSA) is 29.3 Å². The van der Waals surface area contributed by atoms with Crippen molar-refractivity contribution in [1.82, 2.24) is 14.7 Å². The molecular weight excluding hydrogens is 174 g/mol. The van der Waals surface area contributed by atoms with Gasteiger partial charge >= 0.3 is 0 Å². The van der Waals surface area contributed by atoms with E-state index in [1.54, 1.807) is 0 Å². The first-order valence-electron chi connectivity index (χ1n) is 5.00. The second-order valence-electron chi connectivity index (χ2n) is 3.90. The van der Waals surface area contributed by atoms with Gasteiger partial charge in [0.15, 0.2) is 0 Å². The molecule has 0 unspecified atom stereocenters. The van der Waals surface area contributed by atoms with Crippen LogP contribution in [0.25, 0.3) is 5.52 Å². The van der Waals surface area contributed by atoms with Crippen molar-refractivity contribution in [2.75, 3.05) is 13.1 Å². The predicted octanol–water partition coefficient (Wildman–Crippen LogP) is 1.33. The van der Waals surface area contributed by atoms with Crippen LogP contribution in [0.4, 0.5) is 0 Å². The summed E-state index contributed by atoms with van der Waals surface area (Å²) in [7, 11) is 0. The van der Waals surface area contributed by atoms with Gasteiger partial charge in [0.05, 0.1) is 11.7 Å². The van der Waals surface area contributed by atoms with Crippen LogP contribution < -0.4 is 5.32 Å². The number of rotatable bonds is 1. The fraction of sp³-hybridized carbons (Fsp3) is 0.364. The van der Waals surface area contributed by atoms with Crippen molar-refractivity contribution in [2.45, 2.75) is 12.8 Å². The smallest absolute Gasteiger partial charge is 0.119 e. The van der Waals surface area contributed by atoms with E-state index in [1.807, 2.05) is 6.20 Å². The second kappa shape index (κ2) is 2.82. The monoisotopic (exact) mass is 187 g/mol. The highest BCUT2D eigenvalue weighted by Gasteiger charge is 2.23. The van der Waals surface area contributed by atoms with E-state index in [0.717, 1.165) is 13.1 Å². The van der Waals surface area contributed by atoms with Gasteiger partial charge in [-0.05, 0) is 19.1 Å². The van der Waals surface area contributed by atoms with Gasteiger partial charge in [-0.2, -0.15) is 0 Å². The lowest BCUT2D eigenvalue weighted by atomic mass is 10.0. The van der Waals surface area contributed by atoms with Gasteiger partial charge in [0.25, 0.3) is 0 Å². The molecular formula is C11H13N3. The van der Waals surface area contributed by atoms with Gasteiger partial charge in [-0.3, -0.25) is 0 Å². The molecule has 14 heavy (non-hydrogen) atoms. The lowest BCUT2D eigenvalue weighted by Crippen LogP contribution is -2.41. The molecule has 0 bridgehead atoms. The molecule has 0 spiro atoms. The van der Waals surface area contributed by atoms with Gasteiger partial charge in [-0.1, -0.05) is 6.07 Å². The van der Waals surface area contributed by atoms with Crippen LogP contribution >= 0.6 is 0 Å². The Morgan fingerprint density at radius 2 is 2.29 bits per heavy atom. The Kier molecular flexibility index (Phi) is 1.61. The highest BCUT2D eigenvalue weighted by atomic mass is 15.1. The number of nitrogens with zero attached hydrogens (tertiary/aromatic N) is 2. The summed E-state index contributed by atoms with van der Waals surface area (Å²) in [5.41, 5.74) is 2.47. The first kappa shape index (κ1) is 8.00. The van der Waals surface area contributed by atoms with E-state index in [1.165, 1.54) is 17.0 Å². The molecule has 1 aliphatic rings. The molecule has 0 radical (unpaired) electrons. The third-order valence-corrected chi connectivity index (χ3v) is 2.92. The second-order valence-corrected chi connectivity index (χ2v) is 3.90. The third-order valence-electron chi connectivity index (χ3n) is 2.92. The Labute approximate surface area is 82.8 Å². The fourth-order valence-corrected chi connectivity index (χ4v) is 2.00. The third kappa shape index (κ3) is 0.990. The number of hydrogen-bond acceptors (Lipinski definition) is 2. The van der Waals surface area contributed by atoms with Gasteiger partial charge in [0, 0.05) is 24.7 Å². The maximum atomic E-state index is 4.50. The quantitative estimate of drug-likeness (QED) is 0.729. The summed E-state index contributed by atoms with van der Waals surface area (Å²) in [6.07, 6.45) is 1.96. The minimum absolute atomic E-state index is 0.596. The van der Waals surface area contributed by atoms with Gasteiger partial charge in [0.2, 0.25) is 0 Å². The standard InChI is InChI=1S/C11H13N3/c1-8-3-2-4-10-7-13-11(14(8)10)9-5-12-6-9/h2-4,7,9,12H,5-6H2,1H3. The van der Waals surface area contributed by atoms with Crippen LogP contribution in [-0.4, -0.2) is 22.5 Å². The fourth-order valence-electron chi connectivity index (χ4n) is 2.00. The average Bonchev–Trinajstić information content (AvgIpc) is 2.47. The van der Waals surface area contributed by atoms with Crippen molar-refractivity contribution < 1.29 is 0 Å². The van der Waals surface area contributed by atoms with Crippen molar-refractivity contribution in [2.24, 2.45) is 0 Å². The van der Waals surface area contributed by atoms with Crippen molar-refractivity contribution >= 4 is 5.52 Å².